The molecule has 2 amide bonds. The van der Waals surface area contributed by atoms with Crippen molar-refractivity contribution in [2.45, 2.75) is 109 Å². The molecule has 80 heavy (non-hydrogen) atoms. The van der Waals surface area contributed by atoms with Crippen molar-refractivity contribution >= 4 is 211 Å². The lowest BCUT2D eigenvalue weighted by Crippen LogP contribution is -3.00. The van der Waals surface area contributed by atoms with Crippen LogP contribution in [0.25, 0.3) is 0 Å². The minimum atomic E-state index is -1.27. The van der Waals surface area contributed by atoms with Crippen LogP contribution in [0.2, 0.25) is 0 Å². The van der Waals surface area contributed by atoms with Crippen LogP contribution in [0, 0.1) is 21.4 Å². The molecule has 3 aliphatic rings. The zero-order valence-electron chi connectivity index (χ0n) is 43.8. The maximum Gasteiger partial charge on any atom is 0.337 e. The molecule has 4 aromatic carbocycles. The number of unbranched alkanes of at least 4 members (excludes halogenated alkanes) is 4. The van der Waals surface area contributed by atoms with Gasteiger partial charge in [-0.25, -0.2) is 19.2 Å². The number of para-hydroxylation sites is 2. The van der Waals surface area contributed by atoms with E-state index < -0.39 is 23.9 Å². The minimum absolute atomic E-state index is 0. The van der Waals surface area contributed by atoms with Gasteiger partial charge in [0.1, 0.15) is 6.54 Å². The van der Waals surface area contributed by atoms with Crippen LogP contribution < -0.4 is 32.5 Å². The van der Waals surface area contributed by atoms with Gasteiger partial charge in [-0.05, 0) is 223 Å². The molecule has 22 heteroatoms. The monoisotopic (exact) mass is 1840 g/mol. The van der Waals surface area contributed by atoms with Gasteiger partial charge in [0.2, 0.25) is 17.5 Å². The molecule has 0 bridgehead atoms. The van der Waals surface area contributed by atoms with Crippen LogP contribution in [0.5, 0.6) is 0 Å². The summed E-state index contributed by atoms with van der Waals surface area (Å²) in [5.74, 6) is -5.70. The van der Waals surface area contributed by atoms with Gasteiger partial charge in [-0.3, -0.25) is 9.59 Å². The highest BCUT2D eigenvalue weighted by molar-refractivity contribution is 14.1. The molecule has 0 radical (unpaired) electrons. The second-order valence-electron chi connectivity index (χ2n) is 20.3. The Bertz CT molecular complexity index is 3310. The van der Waals surface area contributed by atoms with Crippen molar-refractivity contribution in [2.24, 2.45) is 0 Å². The van der Waals surface area contributed by atoms with E-state index in [-0.39, 0.29) is 108 Å². The number of nitrogens with zero attached hydrogens (tertiary/aromatic N) is 2. The van der Waals surface area contributed by atoms with Crippen molar-refractivity contribution < 1.29 is 70.8 Å². The molecule has 0 saturated heterocycles. The molecule has 2 aliphatic heterocycles. The molecule has 2 heterocycles. The van der Waals surface area contributed by atoms with Crippen molar-refractivity contribution in [1.29, 1.82) is 0 Å². The van der Waals surface area contributed by atoms with Crippen LogP contribution in [0.15, 0.2) is 94.7 Å². The molecule has 1 aliphatic carbocycles. The third-order valence-corrected chi connectivity index (χ3v) is 21.5. The molecule has 4 aromatic rings. The summed E-state index contributed by atoms with van der Waals surface area (Å²) < 4.78 is 3.71. The van der Waals surface area contributed by atoms with E-state index in [0.717, 1.165) is 83.9 Å². The summed E-state index contributed by atoms with van der Waals surface area (Å²) >= 11 is 18.2. The SMILES string of the molecule is CC1(C)C(/C=C/C2=C(Cl)C(=C/C=C3/N(CCCCCC(=O)Nc4c(I)c(C(=O)O)c(I)c(C(=O)O)c4I)c4ccccc4C3(C)C)/CCC2)=[N+](CCCCCC(=O)Nc2c(I)c(C(=O)O)c(I)c(C(=O)O)c2I)c2ccccc21.[Br-]. The summed E-state index contributed by atoms with van der Waals surface area (Å²) in [6.45, 7) is 10.4. The van der Waals surface area contributed by atoms with Crippen LogP contribution in [0.3, 0.4) is 0 Å². The first-order valence-electron chi connectivity index (χ1n) is 25.4. The normalized spacial score (nSPS) is 16.3. The Morgan fingerprint density at radius 2 is 1.07 bits per heavy atom. The number of nitrogens with one attached hydrogen (secondary N) is 2. The van der Waals surface area contributed by atoms with Crippen molar-refractivity contribution in [3.8, 4) is 0 Å². The van der Waals surface area contributed by atoms with Gasteiger partial charge >= 0.3 is 23.9 Å². The zero-order chi connectivity index (χ0) is 57.8. The number of anilines is 3. The first kappa shape index (κ1) is 66.4. The summed E-state index contributed by atoms with van der Waals surface area (Å²) in [7, 11) is 0. The number of rotatable bonds is 21. The average Bonchev–Trinajstić information content (AvgIpc) is 4.00. The predicted octanol–water partition coefficient (Wildman–Crippen LogP) is 12.7. The van der Waals surface area contributed by atoms with Crippen LogP contribution in [0.4, 0.5) is 22.7 Å². The number of carboxylic acids is 4. The van der Waals surface area contributed by atoms with Gasteiger partial charge in [0.15, 0.2) is 5.71 Å². The maximum absolute atomic E-state index is 13.2. The molecular weight excluding hydrogens is 1790 g/mol. The van der Waals surface area contributed by atoms with E-state index in [9.17, 15) is 49.2 Å². The van der Waals surface area contributed by atoms with Gasteiger partial charge < -0.3 is 52.9 Å². The largest absolute Gasteiger partial charge is 1.00 e. The number of benzene rings is 4. The van der Waals surface area contributed by atoms with Gasteiger partial charge in [-0.1, -0.05) is 80.4 Å². The highest BCUT2D eigenvalue weighted by Gasteiger charge is 2.44. The number of carboxylic acid groups (broad SMARTS) is 4. The maximum atomic E-state index is 13.2. The third kappa shape index (κ3) is 14.2. The van der Waals surface area contributed by atoms with Crippen LogP contribution in [-0.4, -0.2) is 79.5 Å². The molecule has 14 nitrogen and oxygen atoms in total. The molecule has 0 spiro atoms. The number of fused-ring (bicyclic) bond motifs is 2. The Labute approximate surface area is 562 Å². The number of hydrogen-bond acceptors (Lipinski definition) is 7. The van der Waals surface area contributed by atoms with E-state index in [2.05, 4.69) is 109 Å². The third-order valence-electron chi connectivity index (χ3n) is 14.5. The highest BCUT2D eigenvalue weighted by Crippen LogP contribution is 2.48. The number of carbonyl (C=O) groups excluding carboxylic acids is 2. The number of halogens is 8. The van der Waals surface area contributed by atoms with E-state index in [1.165, 1.54) is 11.1 Å². The minimum Gasteiger partial charge on any atom is -1.00 e. The summed E-state index contributed by atoms with van der Waals surface area (Å²) in [6, 6.07) is 16.9. The number of hydrogen-bond donors (Lipinski definition) is 6. The molecular formula is C58H56BrClI6N4O10. The molecule has 6 N–H and O–H groups in total. The Hall–Kier alpha value is -2.72. The molecule has 0 atom stereocenters. The second kappa shape index (κ2) is 28.4. The van der Waals surface area contributed by atoms with Crippen molar-refractivity contribution in [3.05, 3.63) is 150 Å². The average molecular weight is 1850 g/mol. The van der Waals surface area contributed by atoms with E-state index in [4.69, 9.17) is 11.6 Å². The number of carbonyl (C=O) groups is 6. The van der Waals surface area contributed by atoms with Crippen molar-refractivity contribution in [2.75, 3.05) is 28.6 Å². The smallest absolute Gasteiger partial charge is 0.337 e. The fourth-order valence-corrected chi connectivity index (χ4v) is 19.5. The quantitative estimate of drug-likeness (QED) is 0.0262. The first-order valence-corrected chi connectivity index (χ1v) is 32.2. The first-order chi connectivity index (χ1) is 37.3. The summed E-state index contributed by atoms with van der Waals surface area (Å²) in [6.07, 6.45) is 16.0. The Kier molecular flexibility index (Phi) is 23.6. The summed E-state index contributed by atoms with van der Waals surface area (Å²) in [5.41, 5.74) is 8.34. The second-order valence-corrected chi connectivity index (χ2v) is 27.2. The predicted molar refractivity (Wildman–Crippen MR) is 359 cm³/mol. The van der Waals surface area contributed by atoms with Gasteiger partial charge in [0, 0.05) is 72.5 Å². The number of amides is 2. The van der Waals surface area contributed by atoms with Gasteiger partial charge in [-0.2, -0.15) is 4.58 Å². The fraction of sp³-hybridized carbons (Fsp3) is 0.328. The van der Waals surface area contributed by atoms with E-state index in [0.29, 0.717) is 25.9 Å². The highest BCUT2D eigenvalue weighted by atomic mass is 127. The fourth-order valence-electron chi connectivity index (χ4n) is 10.5. The van der Waals surface area contributed by atoms with Crippen LogP contribution in [0.1, 0.15) is 151 Å². The van der Waals surface area contributed by atoms with Gasteiger partial charge in [0.25, 0.3) is 0 Å². The standard InChI is InChI=1S/C58H55ClI6N4O10.BrH/c1-57(2)32-18-9-11-20-34(32)68(28-13-5-7-22-38(70)66-51-47(62)40(53(72)73)45(60)41(48(51)63)54(74)75)36(57)26-24-30-16-15-17-31(44(30)59)25-27-37-58(3,4)33-19-10-12-21-35(33)69(37)29-14-6-8-23-39(71)67-52-49(64)42(55(76)77)46(61)43(50(52)65)56(78)79;/h9-12,18-21,24-27H,5-8,13-17,22-23,28-29H2,1-4H3,(H5-,66,67,70,71,72,73,74,75,76,77,78,79);1H. The number of allylic oxidation sites excluding steroid dienone is 8. The Balaban J connectivity index is 0.0000103. The van der Waals surface area contributed by atoms with Gasteiger partial charge in [0.05, 0.1) is 53.3 Å². The van der Waals surface area contributed by atoms with E-state index in [1.54, 1.807) is 45.2 Å². The lowest BCUT2D eigenvalue weighted by molar-refractivity contribution is -0.438. The number of aromatic carboxylic acids is 4. The molecule has 0 unspecified atom stereocenters. The van der Waals surface area contributed by atoms with Crippen LogP contribution >= 0.6 is 147 Å². The summed E-state index contributed by atoms with van der Waals surface area (Å²) in [5, 5.41) is 45.8. The van der Waals surface area contributed by atoms with E-state index >= 15 is 0 Å². The van der Waals surface area contributed by atoms with Crippen molar-refractivity contribution in [1.82, 2.24) is 0 Å². The van der Waals surface area contributed by atoms with Crippen LogP contribution in [-0.2, 0) is 20.4 Å². The lowest BCUT2D eigenvalue weighted by Gasteiger charge is -2.27. The lowest BCUT2D eigenvalue weighted by atomic mass is 9.81. The topological polar surface area (TPSA) is 214 Å². The van der Waals surface area contributed by atoms with Crippen molar-refractivity contribution in [3.63, 3.8) is 0 Å². The van der Waals surface area contributed by atoms with E-state index in [1.807, 2.05) is 102 Å². The molecule has 424 valence electrons. The molecule has 0 aromatic heterocycles. The molecule has 0 saturated carbocycles. The molecule has 7 rings (SSSR count). The zero-order valence-corrected chi connectivity index (χ0v) is 59.1. The Morgan fingerprint density at radius 3 is 1.59 bits per heavy atom. The summed E-state index contributed by atoms with van der Waals surface area (Å²) in [4.78, 5) is 77.2. The Morgan fingerprint density at radius 1 is 0.600 bits per heavy atom. The molecule has 0 fully saturated rings. The van der Waals surface area contributed by atoms with Gasteiger partial charge in [-0.15, -0.1) is 0 Å².